The van der Waals surface area contributed by atoms with Gasteiger partial charge in [-0.3, -0.25) is 4.79 Å². The van der Waals surface area contributed by atoms with E-state index in [1.54, 1.807) is 11.1 Å². The summed E-state index contributed by atoms with van der Waals surface area (Å²) in [5.74, 6) is 1.66. The summed E-state index contributed by atoms with van der Waals surface area (Å²) >= 11 is 0. The van der Waals surface area contributed by atoms with Crippen LogP contribution in [0.15, 0.2) is 23.0 Å². The molecule has 3 aliphatic carbocycles. The van der Waals surface area contributed by atoms with E-state index in [9.17, 15) is 9.90 Å². The lowest BCUT2D eigenvalue weighted by atomic mass is 9.51. The molecule has 2 aliphatic heterocycles. The van der Waals surface area contributed by atoms with Gasteiger partial charge in [0.2, 0.25) is 0 Å². The van der Waals surface area contributed by atoms with Crippen LogP contribution in [0.25, 0.3) is 0 Å². The van der Waals surface area contributed by atoms with Crippen LogP contribution in [0.3, 0.4) is 0 Å². The summed E-state index contributed by atoms with van der Waals surface area (Å²) in [7, 11) is 2.24. The summed E-state index contributed by atoms with van der Waals surface area (Å²) in [5, 5.41) is 10.0. The zero-order valence-corrected chi connectivity index (χ0v) is 17.0. The monoisotopic (exact) mass is 371 g/mol. The smallest absolute Gasteiger partial charge is 0.307 e. The molecule has 5 aliphatic rings. The molecule has 2 bridgehead atoms. The summed E-state index contributed by atoms with van der Waals surface area (Å²) in [5.41, 5.74) is 3.29. The topological polar surface area (TPSA) is 49.8 Å². The quantitative estimate of drug-likeness (QED) is 0.743. The molecule has 0 aromatic rings. The Morgan fingerprint density at radius 3 is 2.78 bits per heavy atom. The third kappa shape index (κ3) is 2.22. The molecule has 0 unspecified atom stereocenters. The second kappa shape index (κ2) is 5.85. The number of piperidine rings is 1. The number of carboxylic acid groups (broad SMARTS) is 1. The van der Waals surface area contributed by atoms with Crippen LogP contribution in [0, 0.1) is 34.5 Å². The van der Waals surface area contributed by atoms with Crippen molar-refractivity contribution in [2.75, 3.05) is 26.7 Å². The summed E-state index contributed by atoms with van der Waals surface area (Å²) in [6.45, 7) is 7.32. The maximum absolute atomic E-state index is 12.2. The molecule has 0 aromatic heterocycles. The summed E-state index contributed by atoms with van der Waals surface area (Å²) in [6.07, 6.45) is 8.85. The molecule has 2 spiro atoms. The number of hydrogen-bond acceptors (Lipinski definition) is 3. The first-order valence-corrected chi connectivity index (χ1v) is 10.8. The summed E-state index contributed by atoms with van der Waals surface area (Å²) < 4.78 is 6.42. The van der Waals surface area contributed by atoms with Gasteiger partial charge in [0, 0.05) is 29.8 Å². The standard InChI is InChI=1S/C23H33NO3/c1-14(2)19-8-9-22(13-27-19)16-6-4-15-5-7-17-18(21(25)26)10-23(22,20(15)17)12-24(3)11-16/h8,14,16-18H,4-7,9-13H2,1-3H3,(H,25,26)/t16-,17-,18-,22-,23-/m1/s1. The highest BCUT2D eigenvalue weighted by molar-refractivity contribution is 5.73. The number of aliphatic carboxylic acids is 1. The van der Waals surface area contributed by atoms with Gasteiger partial charge in [-0.25, -0.2) is 0 Å². The van der Waals surface area contributed by atoms with Crippen LogP contribution < -0.4 is 0 Å². The zero-order chi connectivity index (χ0) is 19.0. The molecule has 27 heavy (non-hydrogen) atoms. The number of carboxylic acids is 1. The number of ether oxygens (including phenoxy) is 1. The lowest BCUT2D eigenvalue weighted by Crippen LogP contribution is -2.61. The number of rotatable bonds is 2. The first-order valence-electron chi connectivity index (χ1n) is 10.8. The fraction of sp³-hybridized carbons (Fsp3) is 0.783. The first kappa shape index (κ1) is 17.8. The zero-order valence-electron chi connectivity index (χ0n) is 17.0. The molecule has 5 rings (SSSR count). The van der Waals surface area contributed by atoms with E-state index >= 15 is 0 Å². The van der Waals surface area contributed by atoms with Crippen LogP contribution in [0.5, 0.6) is 0 Å². The fourth-order valence-corrected chi connectivity index (χ4v) is 7.71. The predicted octanol–water partition coefficient (Wildman–Crippen LogP) is 4.09. The van der Waals surface area contributed by atoms with E-state index in [1.165, 1.54) is 12.8 Å². The van der Waals surface area contributed by atoms with Crippen LogP contribution in [0.4, 0.5) is 0 Å². The van der Waals surface area contributed by atoms with Gasteiger partial charge in [0.05, 0.1) is 18.3 Å². The summed E-state index contributed by atoms with van der Waals surface area (Å²) in [6, 6.07) is 0. The molecule has 4 nitrogen and oxygen atoms in total. The van der Waals surface area contributed by atoms with E-state index in [0.29, 0.717) is 11.8 Å². The average Bonchev–Trinajstić information content (AvgIpc) is 3.16. The SMILES string of the molecule is CC(C)C1=CC[C@@]2(CO1)[C@@H]1CCC3=C4[C@H](CC3)[C@H](C(=O)O)C[C@@]42CN(C)C1. The molecular formula is C23H33NO3. The average molecular weight is 372 g/mol. The van der Waals surface area contributed by atoms with E-state index in [2.05, 4.69) is 31.9 Å². The lowest BCUT2D eigenvalue weighted by molar-refractivity contribution is -0.146. The molecule has 0 aromatic carbocycles. The van der Waals surface area contributed by atoms with Crippen LogP contribution >= 0.6 is 0 Å². The van der Waals surface area contributed by atoms with E-state index in [-0.39, 0.29) is 22.7 Å². The highest BCUT2D eigenvalue weighted by Gasteiger charge is 2.68. The van der Waals surface area contributed by atoms with Gasteiger partial charge in [-0.2, -0.15) is 0 Å². The van der Waals surface area contributed by atoms with Crippen molar-refractivity contribution >= 4 is 5.97 Å². The van der Waals surface area contributed by atoms with Gasteiger partial charge in [-0.15, -0.1) is 0 Å². The van der Waals surface area contributed by atoms with Gasteiger partial charge in [-0.05, 0) is 63.5 Å². The largest absolute Gasteiger partial charge is 0.497 e. The van der Waals surface area contributed by atoms with Crippen molar-refractivity contribution in [3.63, 3.8) is 0 Å². The van der Waals surface area contributed by atoms with Gasteiger partial charge in [0.1, 0.15) is 0 Å². The van der Waals surface area contributed by atoms with Crippen LogP contribution in [-0.2, 0) is 9.53 Å². The molecule has 1 saturated heterocycles. The van der Waals surface area contributed by atoms with E-state index < -0.39 is 5.97 Å². The lowest BCUT2D eigenvalue weighted by Gasteiger charge is -2.59. The Labute approximate surface area is 162 Å². The minimum atomic E-state index is -0.578. The minimum absolute atomic E-state index is 0.000265. The Kier molecular flexibility index (Phi) is 3.86. The Balaban J connectivity index is 1.67. The number of nitrogens with zero attached hydrogens (tertiary/aromatic N) is 1. The number of likely N-dealkylation sites (tertiary alicyclic amines) is 1. The molecule has 2 heterocycles. The number of hydrogen-bond donors (Lipinski definition) is 1. The van der Waals surface area contributed by atoms with Crippen LogP contribution in [0.2, 0.25) is 0 Å². The minimum Gasteiger partial charge on any atom is -0.497 e. The third-order valence-corrected chi connectivity index (χ3v) is 8.73. The highest BCUT2D eigenvalue weighted by atomic mass is 16.5. The third-order valence-electron chi connectivity index (χ3n) is 8.73. The molecule has 4 heteroatoms. The van der Waals surface area contributed by atoms with E-state index in [0.717, 1.165) is 51.1 Å². The first-order chi connectivity index (χ1) is 12.9. The van der Waals surface area contributed by atoms with Crippen molar-refractivity contribution < 1.29 is 14.6 Å². The maximum Gasteiger partial charge on any atom is 0.307 e. The molecule has 148 valence electrons. The van der Waals surface area contributed by atoms with Gasteiger partial charge in [-0.1, -0.05) is 25.0 Å². The molecular weight excluding hydrogens is 338 g/mol. The number of allylic oxidation sites excluding steroid dienone is 3. The van der Waals surface area contributed by atoms with Gasteiger partial charge in [0.25, 0.3) is 0 Å². The second-order valence-electron chi connectivity index (χ2n) is 10.2. The normalized spacial score (nSPS) is 43.6. The van der Waals surface area contributed by atoms with Crippen LogP contribution in [0.1, 0.15) is 52.4 Å². The molecule has 5 atom stereocenters. The Morgan fingerprint density at radius 2 is 2.11 bits per heavy atom. The maximum atomic E-state index is 12.2. The van der Waals surface area contributed by atoms with Gasteiger partial charge in [0.15, 0.2) is 0 Å². The van der Waals surface area contributed by atoms with Gasteiger partial charge >= 0.3 is 5.97 Å². The Bertz CT molecular complexity index is 738. The van der Waals surface area contributed by atoms with Crippen LogP contribution in [-0.4, -0.2) is 42.7 Å². The van der Waals surface area contributed by atoms with Crippen molar-refractivity contribution in [1.82, 2.24) is 4.90 Å². The second-order valence-corrected chi connectivity index (χ2v) is 10.2. The Hall–Kier alpha value is -1.29. The van der Waals surface area contributed by atoms with Crippen molar-refractivity contribution in [1.29, 1.82) is 0 Å². The van der Waals surface area contributed by atoms with Crippen molar-refractivity contribution in [2.45, 2.75) is 52.4 Å². The predicted molar refractivity (Wildman–Crippen MR) is 104 cm³/mol. The number of carbonyl (C=O) groups is 1. The Morgan fingerprint density at radius 1 is 1.33 bits per heavy atom. The highest BCUT2D eigenvalue weighted by Crippen LogP contribution is 2.71. The van der Waals surface area contributed by atoms with Crippen molar-refractivity contribution in [2.24, 2.45) is 34.5 Å². The molecule has 0 amide bonds. The van der Waals surface area contributed by atoms with Gasteiger partial charge < -0.3 is 14.7 Å². The van der Waals surface area contributed by atoms with Crippen molar-refractivity contribution in [3.8, 4) is 0 Å². The van der Waals surface area contributed by atoms with Crippen molar-refractivity contribution in [3.05, 3.63) is 23.0 Å². The van der Waals surface area contributed by atoms with E-state index in [4.69, 9.17) is 4.74 Å². The van der Waals surface area contributed by atoms with E-state index in [1.807, 2.05) is 0 Å². The summed E-state index contributed by atoms with van der Waals surface area (Å²) in [4.78, 5) is 14.7. The molecule has 0 radical (unpaired) electrons. The fourth-order valence-electron chi connectivity index (χ4n) is 7.71. The molecule has 1 N–H and O–H groups in total. The molecule has 1 saturated carbocycles. The molecule has 2 fully saturated rings.